The molecule has 0 spiro atoms. The molecule has 3 rings (SSSR count). The zero-order valence-electron chi connectivity index (χ0n) is 12.3. The van der Waals surface area contributed by atoms with Crippen LogP contribution in [0.4, 0.5) is 0 Å². The first-order valence-electron chi connectivity index (χ1n) is 7.41. The van der Waals surface area contributed by atoms with Gasteiger partial charge in [0.15, 0.2) is 11.5 Å². The Bertz CT molecular complexity index is 624. The second kappa shape index (κ2) is 6.19. The number of rotatable bonds is 4. The van der Waals surface area contributed by atoms with Crippen LogP contribution in [0.2, 0.25) is 0 Å². The third-order valence-corrected chi connectivity index (χ3v) is 3.85. The standard InChI is InChI=1S/C18H21NO2/c1-13-4-2-3-5-15(13)12-16(19)10-14-6-7-17-18(11-14)21-9-8-20-17/h2-7,11,16H,8-10,12,19H2,1H3. The molecule has 3 nitrogen and oxygen atoms in total. The zero-order valence-corrected chi connectivity index (χ0v) is 12.3. The van der Waals surface area contributed by atoms with Crippen LogP contribution in [-0.4, -0.2) is 19.3 Å². The Morgan fingerprint density at radius 3 is 2.57 bits per heavy atom. The number of nitrogens with two attached hydrogens (primary N) is 1. The second-order valence-electron chi connectivity index (χ2n) is 5.57. The lowest BCUT2D eigenvalue weighted by atomic mass is 9.97. The van der Waals surface area contributed by atoms with Crippen molar-refractivity contribution >= 4 is 0 Å². The summed E-state index contributed by atoms with van der Waals surface area (Å²) in [6.45, 7) is 3.37. The van der Waals surface area contributed by atoms with Crippen LogP contribution < -0.4 is 15.2 Å². The first-order chi connectivity index (χ1) is 10.2. The highest BCUT2D eigenvalue weighted by Crippen LogP contribution is 2.31. The molecular weight excluding hydrogens is 262 g/mol. The summed E-state index contributed by atoms with van der Waals surface area (Å²) in [6, 6.07) is 14.6. The van der Waals surface area contributed by atoms with Crippen molar-refractivity contribution in [2.45, 2.75) is 25.8 Å². The van der Waals surface area contributed by atoms with Crippen LogP contribution >= 0.6 is 0 Å². The molecular formula is C18H21NO2. The van der Waals surface area contributed by atoms with Gasteiger partial charge in [0.1, 0.15) is 13.2 Å². The molecule has 1 aliphatic rings. The molecule has 0 radical (unpaired) electrons. The van der Waals surface area contributed by atoms with Gasteiger partial charge < -0.3 is 15.2 Å². The average Bonchev–Trinajstić information content (AvgIpc) is 2.49. The van der Waals surface area contributed by atoms with E-state index >= 15 is 0 Å². The Kier molecular flexibility index (Phi) is 4.11. The summed E-state index contributed by atoms with van der Waals surface area (Å²) >= 11 is 0. The third kappa shape index (κ3) is 3.37. The molecule has 0 saturated heterocycles. The van der Waals surface area contributed by atoms with E-state index in [2.05, 4.69) is 37.3 Å². The SMILES string of the molecule is Cc1ccccc1CC(N)Cc1ccc2c(c1)OCCO2. The molecule has 2 N–H and O–H groups in total. The average molecular weight is 283 g/mol. The summed E-state index contributed by atoms with van der Waals surface area (Å²) in [6.07, 6.45) is 1.73. The van der Waals surface area contributed by atoms with E-state index in [4.69, 9.17) is 15.2 Å². The zero-order chi connectivity index (χ0) is 14.7. The van der Waals surface area contributed by atoms with Crippen LogP contribution in [0.1, 0.15) is 16.7 Å². The van der Waals surface area contributed by atoms with Crippen LogP contribution in [0.3, 0.4) is 0 Å². The molecule has 1 atom stereocenters. The van der Waals surface area contributed by atoms with Crippen LogP contribution in [0.15, 0.2) is 42.5 Å². The molecule has 1 unspecified atom stereocenters. The Hall–Kier alpha value is -2.00. The van der Waals surface area contributed by atoms with Gasteiger partial charge >= 0.3 is 0 Å². The van der Waals surface area contributed by atoms with Gasteiger partial charge in [0.25, 0.3) is 0 Å². The van der Waals surface area contributed by atoms with Crippen LogP contribution in [-0.2, 0) is 12.8 Å². The Morgan fingerprint density at radius 1 is 1.00 bits per heavy atom. The molecule has 0 fully saturated rings. The summed E-state index contributed by atoms with van der Waals surface area (Å²) in [5, 5.41) is 0. The van der Waals surface area contributed by atoms with Gasteiger partial charge in [-0.2, -0.15) is 0 Å². The van der Waals surface area contributed by atoms with E-state index in [9.17, 15) is 0 Å². The monoisotopic (exact) mass is 283 g/mol. The van der Waals surface area contributed by atoms with Crippen molar-refractivity contribution in [3.05, 3.63) is 59.2 Å². The number of aryl methyl sites for hydroxylation is 1. The van der Waals surface area contributed by atoms with E-state index in [1.807, 2.05) is 12.1 Å². The molecule has 0 bridgehead atoms. The molecule has 1 aliphatic heterocycles. The molecule has 0 aromatic heterocycles. The number of benzene rings is 2. The van der Waals surface area contributed by atoms with E-state index in [0.717, 1.165) is 24.3 Å². The van der Waals surface area contributed by atoms with Crippen LogP contribution in [0.5, 0.6) is 11.5 Å². The fourth-order valence-corrected chi connectivity index (χ4v) is 2.71. The number of fused-ring (bicyclic) bond motifs is 1. The highest BCUT2D eigenvalue weighted by atomic mass is 16.6. The lowest BCUT2D eigenvalue weighted by molar-refractivity contribution is 0.171. The van der Waals surface area contributed by atoms with Gasteiger partial charge in [-0.3, -0.25) is 0 Å². The second-order valence-corrected chi connectivity index (χ2v) is 5.57. The number of hydrogen-bond donors (Lipinski definition) is 1. The predicted octanol–water partition coefficient (Wildman–Crippen LogP) is 2.88. The fourth-order valence-electron chi connectivity index (χ4n) is 2.71. The smallest absolute Gasteiger partial charge is 0.161 e. The molecule has 110 valence electrons. The maximum absolute atomic E-state index is 6.31. The minimum atomic E-state index is 0.105. The van der Waals surface area contributed by atoms with Crippen LogP contribution in [0.25, 0.3) is 0 Å². The highest BCUT2D eigenvalue weighted by molar-refractivity contribution is 5.44. The number of hydrogen-bond acceptors (Lipinski definition) is 3. The summed E-state index contributed by atoms with van der Waals surface area (Å²) in [7, 11) is 0. The van der Waals surface area contributed by atoms with E-state index < -0.39 is 0 Å². The van der Waals surface area contributed by atoms with Gasteiger partial charge in [-0.1, -0.05) is 30.3 Å². The van der Waals surface area contributed by atoms with Gasteiger partial charge in [-0.15, -0.1) is 0 Å². The lowest BCUT2D eigenvalue weighted by Crippen LogP contribution is -2.26. The van der Waals surface area contributed by atoms with E-state index in [1.165, 1.54) is 16.7 Å². The molecule has 2 aromatic carbocycles. The van der Waals surface area contributed by atoms with Gasteiger partial charge in [0.2, 0.25) is 0 Å². The highest BCUT2D eigenvalue weighted by Gasteiger charge is 2.13. The van der Waals surface area contributed by atoms with Crippen molar-refractivity contribution < 1.29 is 9.47 Å². The van der Waals surface area contributed by atoms with Crippen molar-refractivity contribution in [1.29, 1.82) is 0 Å². The van der Waals surface area contributed by atoms with Crippen molar-refractivity contribution in [3.63, 3.8) is 0 Å². The molecule has 0 amide bonds. The molecule has 2 aromatic rings. The van der Waals surface area contributed by atoms with Gasteiger partial charge in [0.05, 0.1) is 0 Å². The normalized spacial score (nSPS) is 14.8. The number of ether oxygens (including phenoxy) is 2. The van der Waals surface area contributed by atoms with E-state index in [-0.39, 0.29) is 6.04 Å². The van der Waals surface area contributed by atoms with E-state index in [1.54, 1.807) is 0 Å². The van der Waals surface area contributed by atoms with Crippen molar-refractivity contribution in [2.75, 3.05) is 13.2 Å². The Labute approximate surface area is 125 Å². The minimum absolute atomic E-state index is 0.105. The fraction of sp³-hybridized carbons (Fsp3) is 0.333. The third-order valence-electron chi connectivity index (χ3n) is 3.85. The molecule has 3 heteroatoms. The summed E-state index contributed by atoms with van der Waals surface area (Å²) in [5.41, 5.74) is 10.1. The maximum Gasteiger partial charge on any atom is 0.161 e. The van der Waals surface area contributed by atoms with E-state index in [0.29, 0.717) is 13.2 Å². The molecule has 21 heavy (non-hydrogen) atoms. The molecule has 0 saturated carbocycles. The molecule has 0 aliphatic carbocycles. The maximum atomic E-state index is 6.31. The lowest BCUT2D eigenvalue weighted by Gasteiger charge is -2.20. The largest absolute Gasteiger partial charge is 0.486 e. The van der Waals surface area contributed by atoms with Gasteiger partial charge in [0, 0.05) is 6.04 Å². The first kappa shape index (κ1) is 14.0. The van der Waals surface area contributed by atoms with Gasteiger partial charge in [-0.25, -0.2) is 0 Å². The quantitative estimate of drug-likeness (QED) is 0.938. The van der Waals surface area contributed by atoms with Crippen molar-refractivity contribution in [3.8, 4) is 11.5 Å². The topological polar surface area (TPSA) is 44.5 Å². The van der Waals surface area contributed by atoms with Crippen LogP contribution in [0, 0.1) is 6.92 Å². The van der Waals surface area contributed by atoms with Crippen molar-refractivity contribution in [2.24, 2.45) is 5.73 Å². The first-order valence-corrected chi connectivity index (χ1v) is 7.41. The van der Waals surface area contributed by atoms with Crippen molar-refractivity contribution in [1.82, 2.24) is 0 Å². The summed E-state index contributed by atoms with van der Waals surface area (Å²) in [5.74, 6) is 1.67. The summed E-state index contributed by atoms with van der Waals surface area (Å²) < 4.78 is 11.2. The van der Waals surface area contributed by atoms with Gasteiger partial charge in [-0.05, 0) is 48.6 Å². The Balaban J connectivity index is 1.67. The summed E-state index contributed by atoms with van der Waals surface area (Å²) in [4.78, 5) is 0. The predicted molar refractivity (Wildman–Crippen MR) is 84.0 cm³/mol. The molecule has 1 heterocycles. The Morgan fingerprint density at radius 2 is 1.76 bits per heavy atom. The minimum Gasteiger partial charge on any atom is -0.486 e.